The quantitative estimate of drug-likeness (QED) is 0.514. The third-order valence-corrected chi connectivity index (χ3v) is 4.96. The van der Waals surface area contributed by atoms with Crippen molar-refractivity contribution in [3.05, 3.63) is 100 Å². The Balaban J connectivity index is 1.69. The van der Waals surface area contributed by atoms with Crippen LogP contribution in [0.25, 0.3) is 0 Å². The van der Waals surface area contributed by atoms with Crippen LogP contribution in [0.2, 0.25) is 0 Å². The van der Waals surface area contributed by atoms with Gasteiger partial charge in [0.05, 0.1) is 18.1 Å². The number of nitrogens with one attached hydrogen (secondary N) is 1. The standard InChI is InChI=1S/C22H21N3O4/c1-28-20-12-10-18(11-13-20)24-15-21(16-6-3-2-4-7-16)23-29-22(24)17-8-5-9-19(14-17)25(26)27/h2-14,21-23H,15H2,1H3. The molecular weight excluding hydrogens is 370 g/mol. The third kappa shape index (κ3) is 4.06. The number of hydroxylamine groups is 1. The summed E-state index contributed by atoms with van der Waals surface area (Å²) in [5, 5.41) is 11.2. The highest BCUT2D eigenvalue weighted by molar-refractivity contribution is 5.52. The minimum Gasteiger partial charge on any atom is -0.497 e. The molecule has 0 aromatic heterocycles. The average molecular weight is 391 g/mol. The van der Waals surface area contributed by atoms with Crippen LogP contribution in [0.1, 0.15) is 23.4 Å². The fraction of sp³-hybridized carbons (Fsp3) is 0.182. The highest BCUT2D eigenvalue weighted by Gasteiger charge is 2.32. The largest absolute Gasteiger partial charge is 0.497 e. The maximum atomic E-state index is 11.2. The van der Waals surface area contributed by atoms with Crippen molar-refractivity contribution in [1.82, 2.24) is 5.48 Å². The fourth-order valence-electron chi connectivity index (χ4n) is 3.45. The van der Waals surface area contributed by atoms with Gasteiger partial charge in [0.25, 0.3) is 5.69 Å². The molecule has 3 aromatic rings. The van der Waals surface area contributed by atoms with Gasteiger partial charge in [-0.15, -0.1) is 0 Å². The van der Waals surface area contributed by atoms with E-state index in [1.54, 1.807) is 19.2 Å². The number of rotatable bonds is 5. The summed E-state index contributed by atoms with van der Waals surface area (Å²) in [6.45, 7) is 0.629. The van der Waals surface area contributed by atoms with Gasteiger partial charge in [-0.05, 0) is 29.8 Å². The van der Waals surface area contributed by atoms with E-state index < -0.39 is 11.2 Å². The molecule has 0 saturated carbocycles. The minimum atomic E-state index is -0.511. The van der Waals surface area contributed by atoms with Crippen molar-refractivity contribution in [2.45, 2.75) is 12.3 Å². The van der Waals surface area contributed by atoms with Crippen LogP contribution in [-0.2, 0) is 4.84 Å². The van der Waals surface area contributed by atoms with Crippen LogP contribution in [0.4, 0.5) is 11.4 Å². The van der Waals surface area contributed by atoms with E-state index in [9.17, 15) is 10.1 Å². The predicted octanol–water partition coefficient (Wildman–Crippen LogP) is 4.38. The van der Waals surface area contributed by atoms with Crippen LogP contribution in [0, 0.1) is 10.1 Å². The van der Waals surface area contributed by atoms with Crippen LogP contribution in [0.5, 0.6) is 5.75 Å². The number of non-ortho nitro benzene ring substituents is 1. The SMILES string of the molecule is COc1ccc(N2CC(c3ccccc3)NOC2c2cccc([N+](=O)[O-])c2)cc1. The lowest BCUT2D eigenvalue weighted by Crippen LogP contribution is -2.46. The number of benzene rings is 3. The smallest absolute Gasteiger partial charge is 0.269 e. The number of ether oxygens (including phenoxy) is 1. The second-order valence-electron chi connectivity index (χ2n) is 6.75. The van der Waals surface area contributed by atoms with Gasteiger partial charge < -0.3 is 9.64 Å². The summed E-state index contributed by atoms with van der Waals surface area (Å²) < 4.78 is 5.26. The summed E-state index contributed by atoms with van der Waals surface area (Å²) in [4.78, 5) is 18.9. The van der Waals surface area contributed by atoms with Crippen molar-refractivity contribution in [2.24, 2.45) is 0 Å². The average Bonchev–Trinajstić information content (AvgIpc) is 2.79. The Morgan fingerprint density at radius 2 is 1.76 bits per heavy atom. The summed E-state index contributed by atoms with van der Waals surface area (Å²) >= 11 is 0. The number of nitrogens with zero attached hydrogens (tertiary/aromatic N) is 2. The zero-order valence-electron chi connectivity index (χ0n) is 15.9. The van der Waals surface area contributed by atoms with Crippen LogP contribution >= 0.6 is 0 Å². The van der Waals surface area contributed by atoms with E-state index in [4.69, 9.17) is 9.57 Å². The lowest BCUT2D eigenvalue weighted by molar-refractivity contribution is -0.385. The monoisotopic (exact) mass is 391 g/mol. The van der Waals surface area contributed by atoms with Crippen molar-refractivity contribution in [3.8, 4) is 5.75 Å². The molecule has 0 amide bonds. The molecule has 7 heteroatoms. The van der Waals surface area contributed by atoms with Gasteiger partial charge in [0.2, 0.25) is 0 Å². The van der Waals surface area contributed by atoms with E-state index in [0.29, 0.717) is 12.1 Å². The molecule has 1 aliphatic heterocycles. The molecule has 148 valence electrons. The van der Waals surface area contributed by atoms with Gasteiger partial charge in [-0.3, -0.25) is 15.0 Å². The van der Waals surface area contributed by atoms with Gasteiger partial charge in [-0.2, -0.15) is 5.48 Å². The fourth-order valence-corrected chi connectivity index (χ4v) is 3.45. The third-order valence-electron chi connectivity index (χ3n) is 4.96. The first-order valence-corrected chi connectivity index (χ1v) is 9.27. The predicted molar refractivity (Wildman–Crippen MR) is 110 cm³/mol. The van der Waals surface area contributed by atoms with Crippen molar-refractivity contribution >= 4 is 11.4 Å². The molecule has 0 spiro atoms. The Morgan fingerprint density at radius 1 is 1.03 bits per heavy atom. The van der Waals surface area contributed by atoms with E-state index in [-0.39, 0.29) is 11.7 Å². The molecule has 1 fully saturated rings. The molecule has 4 rings (SSSR count). The first-order chi connectivity index (χ1) is 14.2. The normalized spacial score (nSPS) is 19.0. The topological polar surface area (TPSA) is 76.9 Å². The molecule has 29 heavy (non-hydrogen) atoms. The Labute approximate surface area is 168 Å². The summed E-state index contributed by atoms with van der Waals surface area (Å²) in [6.07, 6.45) is -0.511. The second kappa shape index (κ2) is 8.30. The molecule has 0 bridgehead atoms. The zero-order chi connectivity index (χ0) is 20.2. The lowest BCUT2D eigenvalue weighted by Gasteiger charge is -2.41. The molecular formula is C22H21N3O4. The highest BCUT2D eigenvalue weighted by Crippen LogP contribution is 2.35. The van der Waals surface area contributed by atoms with E-state index in [1.807, 2.05) is 60.7 Å². The number of nitro benzene ring substituents is 1. The van der Waals surface area contributed by atoms with E-state index >= 15 is 0 Å². The Bertz CT molecular complexity index is 979. The number of hydrogen-bond donors (Lipinski definition) is 1. The van der Waals surface area contributed by atoms with Gasteiger partial charge in [-0.1, -0.05) is 42.5 Å². The summed E-state index contributed by atoms with van der Waals surface area (Å²) in [6, 6.07) is 24.2. The molecule has 3 aromatic carbocycles. The molecule has 2 unspecified atom stereocenters. The lowest BCUT2D eigenvalue weighted by atomic mass is 10.0. The molecule has 0 aliphatic carbocycles. The van der Waals surface area contributed by atoms with Crippen LogP contribution in [0.15, 0.2) is 78.9 Å². The Morgan fingerprint density at radius 3 is 2.45 bits per heavy atom. The van der Waals surface area contributed by atoms with Gasteiger partial charge in [-0.25, -0.2) is 0 Å². The minimum absolute atomic E-state index is 0.0333. The molecule has 0 radical (unpaired) electrons. The maximum Gasteiger partial charge on any atom is 0.269 e. The Hall–Kier alpha value is -3.42. The van der Waals surface area contributed by atoms with Crippen molar-refractivity contribution < 1.29 is 14.5 Å². The van der Waals surface area contributed by atoms with Gasteiger partial charge in [0.1, 0.15) is 5.75 Å². The maximum absolute atomic E-state index is 11.2. The van der Waals surface area contributed by atoms with E-state index in [0.717, 1.165) is 17.0 Å². The summed E-state index contributed by atoms with van der Waals surface area (Å²) in [5.74, 6) is 0.760. The van der Waals surface area contributed by atoms with Gasteiger partial charge >= 0.3 is 0 Å². The number of hydrogen-bond acceptors (Lipinski definition) is 6. The van der Waals surface area contributed by atoms with Crippen LogP contribution in [-0.4, -0.2) is 18.6 Å². The molecule has 1 aliphatic rings. The van der Waals surface area contributed by atoms with Gasteiger partial charge in [0, 0.05) is 29.9 Å². The number of anilines is 1. The molecule has 1 heterocycles. The molecule has 1 N–H and O–H groups in total. The van der Waals surface area contributed by atoms with Crippen molar-refractivity contribution in [2.75, 3.05) is 18.6 Å². The van der Waals surface area contributed by atoms with Crippen LogP contribution in [0.3, 0.4) is 0 Å². The first-order valence-electron chi connectivity index (χ1n) is 9.27. The molecule has 7 nitrogen and oxygen atoms in total. The van der Waals surface area contributed by atoms with Crippen molar-refractivity contribution in [1.29, 1.82) is 0 Å². The Kier molecular flexibility index (Phi) is 5.41. The zero-order valence-corrected chi connectivity index (χ0v) is 15.9. The molecule has 2 atom stereocenters. The second-order valence-corrected chi connectivity index (χ2v) is 6.75. The van der Waals surface area contributed by atoms with E-state index in [1.165, 1.54) is 6.07 Å². The molecule has 1 saturated heterocycles. The van der Waals surface area contributed by atoms with E-state index in [2.05, 4.69) is 10.4 Å². The number of methoxy groups -OCH3 is 1. The van der Waals surface area contributed by atoms with Crippen molar-refractivity contribution in [3.63, 3.8) is 0 Å². The number of nitro groups is 1. The highest BCUT2D eigenvalue weighted by atomic mass is 16.7. The van der Waals surface area contributed by atoms with Crippen LogP contribution < -0.4 is 15.1 Å². The summed E-state index contributed by atoms with van der Waals surface area (Å²) in [5.41, 5.74) is 5.89. The first kappa shape index (κ1) is 18.9. The van der Waals surface area contributed by atoms with Gasteiger partial charge in [0.15, 0.2) is 6.23 Å². The summed E-state index contributed by atoms with van der Waals surface area (Å²) in [7, 11) is 1.63.